The zero-order valence-corrected chi connectivity index (χ0v) is 31.1. The quantitative estimate of drug-likeness (QED) is 0.125. The Labute approximate surface area is 327 Å². The van der Waals surface area contributed by atoms with Crippen LogP contribution in [0.1, 0.15) is 16.7 Å². The maximum Gasteiger partial charge on any atom is 0.157 e. The van der Waals surface area contributed by atoms with Crippen molar-refractivity contribution in [1.29, 1.82) is 0 Å². The number of hydrogen-bond donors (Lipinski definition) is 1. The lowest BCUT2D eigenvalue weighted by Gasteiger charge is -2.15. The Hall–Kier alpha value is -7.30. The van der Waals surface area contributed by atoms with E-state index in [0.717, 1.165) is 77.8 Å². The van der Waals surface area contributed by atoms with Crippen LogP contribution in [0.2, 0.25) is 0 Å². The molecule has 0 atom stereocenters. The van der Waals surface area contributed by atoms with Crippen LogP contribution in [0.5, 0.6) is 0 Å². The molecule has 0 aliphatic heterocycles. The number of aliphatic imine (C=N–C) groups is 2. The molecule has 1 N–H and O–H groups in total. The third-order valence-electron chi connectivity index (χ3n) is 10.2. The molecular formula is C52H39N3O. The molecule has 9 rings (SSSR count). The predicted octanol–water partition coefficient (Wildman–Crippen LogP) is 12.9. The molecule has 0 saturated carbocycles. The van der Waals surface area contributed by atoms with Crippen molar-refractivity contribution >= 4 is 33.6 Å². The molecule has 268 valence electrons. The topological polar surface area (TPSA) is 49.9 Å². The number of rotatable bonds is 8. The van der Waals surface area contributed by atoms with Crippen LogP contribution < -0.4 is 5.32 Å². The second-order valence-electron chi connectivity index (χ2n) is 13.7. The van der Waals surface area contributed by atoms with Crippen LogP contribution in [0, 0.1) is 0 Å². The molecule has 1 heterocycles. The second-order valence-corrected chi connectivity index (χ2v) is 13.7. The molecule has 0 radical (unpaired) electrons. The van der Waals surface area contributed by atoms with Gasteiger partial charge in [-0.1, -0.05) is 182 Å². The Morgan fingerprint density at radius 3 is 1.61 bits per heavy atom. The van der Waals surface area contributed by atoms with Gasteiger partial charge in [0.1, 0.15) is 17.0 Å². The van der Waals surface area contributed by atoms with Gasteiger partial charge < -0.3 is 9.73 Å². The Kier molecular flexibility index (Phi) is 9.59. The van der Waals surface area contributed by atoms with Crippen molar-refractivity contribution < 1.29 is 4.42 Å². The fourth-order valence-corrected chi connectivity index (χ4v) is 7.59. The number of nitrogens with zero attached hydrogens (tertiary/aromatic N) is 2. The van der Waals surface area contributed by atoms with E-state index in [1.807, 2.05) is 43.4 Å². The molecule has 0 unspecified atom stereocenters. The van der Waals surface area contributed by atoms with Gasteiger partial charge in [-0.3, -0.25) is 4.99 Å². The fraction of sp³-hybridized carbons (Fsp3) is 0.0385. The van der Waals surface area contributed by atoms with E-state index < -0.39 is 0 Å². The van der Waals surface area contributed by atoms with Crippen molar-refractivity contribution in [2.45, 2.75) is 6.54 Å². The first-order valence-corrected chi connectivity index (χ1v) is 18.9. The molecular weight excluding hydrogens is 683 g/mol. The average Bonchev–Trinajstić information content (AvgIpc) is 3.67. The number of hydrogen-bond acceptors (Lipinski definition) is 2. The van der Waals surface area contributed by atoms with Gasteiger partial charge in [0, 0.05) is 34.5 Å². The molecule has 56 heavy (non-hydrogen) atoms. The maximum atomic E-state index is 6.92. The molecule has 1 aromatic heterocycles. The summed E-state index contributed by atoms with van der Waals surface area (Å²) in [5.74, 6) is 1.40. The molecule has 4 heteroatoms. The van der Waals surface area contributed by atoms with Gasteiger partial charge in [0.15, 0.2) is 5.84 Å². The lowest BCUT2D eigenvalue weighted by Crippen LogP contribution is -2.21. The Bertz CT molecular complexity index is 2840. The minimum atomic E-state index is 0.409. The SMILES string of the molecule is CNC(=NC(=NCc1cccc2oc3c(-c4ccccc4-c4ccccc4)cc(-c4ccccc4-c4ccccc4)cc3c12)c1ccccc1)c1ccccc1. The first-order chi connectivity index (χ1) is 27.7. The summed E-state index contributed by atoms with van der Waals surface area (Å²) in [4.78, 5) is 10.3. The van der Waals surface area contributed by atoms with Gasteiger partial charge >= 0.3 is 0 Å². The van der Waals surface area contributed by atoms with E-state index in [1.54, 1.807) is 0 Å². The molecule has 8 aromatic carbocycles. The lowest BCUT2D eigenvalue weighted by molar-refractivity contribution is 0.669. The third kappa shape index (κ3) is 6.81. The van der Waals surface area contributed by atoms with Gasteiger partial charge in [0.2, 0.25) is 0 Å². The van der Waals surface area contributed by atoms with E-state index in [0.29, 0.717) is 12.4 Å². The van der Waals surface area contributed by atoms with Crippen LogP contribution in [0.3, 0.4) is 0 Å². The van der Waals surface area contributed by atoms with Crippen molar-refractivity contribution in [2.75, 3.05) is 7.05 Å². The van der Waals surface area contributed by atoms with E-state index in [2.05, 4.69) is 169 Å². The Balaban J connectivity index is 1.27. The number of amidine groups is 2. The van der Waals surface area contributed by atoms with Crippen molar-refractivity contribution in [1.82, 2.24) is 5.32 Å². The molecule has 0 spiro atoms. The summed E-state index contributed by atoms with van der Waals surface area (Å²) >= 11 is 0. The molecule has 0 amide bonds. The predicted molar refractivity (Wildman–Crippen MR) is 234 cm³/mol. The van der Waals surface area contributed by atoms with Gasteiger partial charge in [0.25, 0.3) is 0 Å². The standard InChI is InChI=1S/C52H39N3O/c1-53-51(38-23-10-4-11-24-38)55-52(39-25-12-5-13-26-39)54-35-40-27-18-32-48-49(40)47-34-41(44-30-15-14-28-42(44)36-19-6-2-7-20-36)33-46(50(47)56-48)45-31-17-16-29-43(45)37-21-8-3-9-22-37/h2-34H,35H2,1H3,(H,53,54,55). The molecule has 0 aliphatic carbocycles. The summed E-state index contributed by atoms with van der Waals surface area (Å²) in [6.45, 7) is 0.409. The van der Waals surface area contributed by atoms with Crippen LogP contribution in [0.25, 0.3) is 66.4 Å². The lowest BCUT2D eigenvalue weighted by atomic mass is 9.88. The van der Waals surface area contributed by atoms with Crippen LogP contribution in [-0.2, 0) is 6.54 Å². The van der Waals surface area contributed by atoms with Gasteiger partial charge in [-0.25, -0.2) is 4.99 Å². The monoisotopic (exact) mass is 721 g/mol. The van der Waals surface area contributed by atoms with Gasteiger partial charge in [0.05, 0.1) is 6.54 Å². The first kappa shape index (κ1) is 34.5. The number of furan rings is 1. The highest BCUT2D eigenvalue weighted by molar-refractivity contribution is 6.14. The maximum absolute atomic E-state index is 6.92. The van der Waals surface area contributed by atoms with Gasteiger partial charge in [-0.05, 0) is 62.7 Å². The average molecular weight is 722 g/mol. The number of nitrogens with one attached hydrogen (secondary N) is 1. The highest BCUT2D eigenvalue weighted by Gasteiger charge is 2.21. The van der Waals surface area contributed by atoms with Crippen LogP contribution in [0.15, 0.2) is 215 Å². The molecule has 0 bridgehead atoms. The van der Waals surface area contributed by atoms with Gasteiger partial charge in [-0.2, -0.15) is 0 Å². The summed E-state index contributed by atoms with van der Waals surface area (Å²) in [5.41, 5.74) is 13.8. The number of fused-ring (bicyclic) bond motifs is 3. The summed E-state index contributed by atoms with van der Waals surface area (Å²) < 4.78 is 6.92. The summed E-state index contributed by atoms with van der Waals surface area (Å²) in [6.07, 6.45) is 0. The zero-order chi connectivity index (χ0) is 37.7. The normalized spacial score (nSPS) is 11.9. The summed E-state index contributed by atoms with van der Waals surface area (Å²) in [7, 11) is 1.90. The van der Waals surface area contributed by atoms with Gasteiger partial charge in [-0.15, -0.1) is 0 Å². The Morgan fingerprint density at radius 2 is 1.00 bits per heavy atom. The van der Waals surface area contributed by atoms with Crippen LogP contribution >= 0.6 is 0 Å². The molecule has 9 aromatic rings. The van der Waals surface area contributed by atoms with Crippen LogP contribution in [-0.4, -0.2) is 18.7 Å². The van der Waals surface area contributed by atoms with E-state index in [1.165, 1.54) is 11.1 Å². The third-order valence-corrected chi connectivity index (χ3v) is 10.2. The molecule has 0 fully saturated rings. The van der Waals surface area contributed by atoms with Crippen molar-refractivity contribution in [3.63, 3.8) is 0 Å². The van der Waals surface area contributed by atoms with E-state index in [4.69, 9.17) is 14.4 Å². The highest BCUT2D eigenvalue weighted by Crippen LogP contribution is 2.44. The number of benzene rings is 8. The van der Waals surface area contributed by atoms with E-state index in [9.17, 15) is 0 Å². The molecule has 0 saturated heterocycles. The minimum absolute atomic E-state index is 0.409. The molecule has 4 nitrogen and oxygen atoms in total. The summed E-state index contributed by atoms with van der Waals surface area (Å²) in [5, 5.41) is 5.40. The fourth-order valence-electron chi connectivity index (χ4n) is 7.59. The van der Waals surface area contributed by atoms with Crippen molar-refractivity contribution in [2.24, 2.45) is 9.98 Å². The van der Waals surface area contributed by atoms with E-state index in [-0.39, 0.29) is 0 Å². The largest absolute Gasteiger partial charge is 0.455 e. The first-order valence-electron chi connectivity index (χ1n) is 18.9. The van der Waals surface area contributed by atoms with Crippen molar-refractivity contribution in [3.8, 4) is 44.5 Å². The van der Waals surface area contributed by atoms with Crippen molar-refractivity contribution in [3.05, 3.63) is 217 Å². The highest BCUT2D eigenvalue weighted by atomic mass is 16.3. The minimum Gasteiger partial charge on any atom is -0.455 e. The second kappa shape index (κ2) is 15.6. The van der Waals surface area contributed by atoms with E-state index >= 15 is 0 Å². The Morgan fingerprint density at radius 1 is 0.482 bits per heavy atom. The van der Waals surface area contributed by atoms with Crippen LogP contribution in [0.4, 0.5) is 0 Å². The summed E-state index contributed by atoms with van der Waals surface area (Å²) in [6, 6.07) is 69.7. The smallest absolute Gasteiger partial charge is 0.157 e. The molecule has 0 aliphatic rings. The zero-order valence-electron chi connectivity index (χ0n) is 31.1.